The number of rotatable bonds is 3. The van der Waals surface area contributed by atoms with E-state index >= 15 is 0 Å². The molecule has 17 heavy (non-hydrogen) atoms. The van der Waals surface area contributed by atoms with E-state index in [4.69, 9.17) is 0 Å². The first-order valence-electron chi connectivity index (χ1n) is 5.14. The van der Waals surface area contributed by atoms with Crippen molar-refractivity contribution >= 4 is 0 Å². The topological polar surface area (TPSA) is 42.7 Å². The summed E-state index contributed by atoms with van der Waals surface area (Å²) in [6, 6.07) is 2.61. The first kappa shape index (κ1) is 11.7. The van der Waals surface area contributed by atoms with Gasteiger partial charge in [-0.2, -0.15) is 0 Å². The molecule has 1 aromatic heterocycles. The SMILES string of the molecule is CNCc1cnnn1-c1c(F)ccc(C)c1F. The minimum atomic E-state index is -0.657. The number of nitrogens with zero attached hydrogens (tertiary/aromatic N) is 3. The minimum absolute atomic E-state index is 0.187. The maximum atomic E-state index is 13.9. The van der Waals surface area contributed by atoms with Gasteiger partial charge in [-0.25, -0.2) is 13.5 Å². The van der Waals surface area contributed by atoms with Gasteiger partial charge < -0.3 is 5.32 Å². The molecular formula is C11H12F2N4. The Bertz CT molecular complexity index is 536. The van der Waals surface area contributed by atoms with E-state index in [1.165, 1.54) is 23.0 Å². The van der Waals surface area contributed by atoms with Crippen molar-refractivity contribution in [2.45, 2.75) is 13.5 Å². The lowest BCUT2D eigenvalue weighted by atomic mass is 10.2. The molecule has 0 saturated heterocycles. The average molecular weight is 238 g/mol. The quantitative estimate of drug-likeness (QED) is 0.882. The van der Waals surface area contributed by atoms with Gasteiger partial charge in [-0.15, -0.1) is 5.10 Å². The summed E-state index contributed by atoms with van der Waals surface area (Å²) in [5, 5.41) is 10.3. The van der Waals surface area contributed by atoms with Gasteiger partial charge >= 0.3 is 0 Å². The standard InChI is InChI=1S/C11H12F2N4/c1-7-3-4-9(12)11(10(7)13)17-8(5-14-2)6-15-16-17/h3-4,6,14H,5H2,1-2H3. The Kier molecular flexibility index (Phi) is 3.14. The van der Waals surface area contributed by atoms with Crippen LogP contribution in [0.15, 0.2) is 18.3 Å². The number of benzene rings is 1. The van der Waals surface area contributed by atoms with Crippen molar-refractivity contribution in [3.8, 4) is 5.69 Å². The molecule has 0 unspecified atom stereocenters. The first-order chi connectivity index (χ1) is 8.15. The van der Waals surface area contributed by atoms with Crippen LogP contribution in [0.5, 0.6) is 0 Å². The number of aromatic nitrogens is 3. The van der Waals surface area contributed by atoms with Crippen molar-refractivity contribution in [3.05, 3.63) is 41.2 Å². The molecule has 0 aliphatic carbocycles. The zero-order chi connectivity index (χ0) is 12.4. The highest BCUT2D eigenvalue weighted by Crippen LogP contribution is 2.21. The van der Waals surface area contributed by atoms with Gasteiger partial charge in [0, 0.05) is 6.54 Å². The Balaban J connectivity index is 2.60. The van der Waals surface area contributed by atoms with Crippen LogP contribution in [0.2, 0.25) is 0 Å². The van der Waals surface area contributed by atoms with Crippen LogP contribution in [0.1, 0.15) is 11.3 Å². The Morgan fingerprint density at radius 1 is 1.35 bits per heavy atom. The molecule has 0 atom stereocenters. The Morgan fingerprint density at radius 2 is 2.12 bits per heavy atom. The molecule has 0 amide bonds. The minimum Gasteiger partial charge on any atom is -0.314 e. The van der Waals surface area contributed by atoms with Crippen LogP contribution in [0.3, 0.4) is 0 Å². The van der Waals surface area contributed by atoms with Crippen molar-refractivity contribution in [2.24, 2.45) is 0 Å². The van der Waals surface area contributed by atoms with Crippen LogP contribution in [0.4, 0.5) is 8.78 Å². The van der Waals surface area contributed by atoms with Crippen LogP contribution >= 0.6 is 0 Å². The number of nitrogens with one attached hydrogen (secondary N) is 1. The van der Waals surface area contributed by atoms with E-state index in [9.17, 15) is 8.78 Å². The van der Waals surface area contributed by atoms with E-state index in [0.29, 0.717) is 17.8 Å². The van der Waals surface area contributed by atoms with E-state index in [-0.39, 0.29) is 5.69 Å². The monoisotopic (exact) mass is 238 g/mol. The molecule has 0 aliphatic heterocycles. The van der Waals surface area contributed by atoms with Crippen LogP contribution in [-0.4, -0.2) is 22.0 Å². The molecule has 0 fully saturated rings. The van der Waals surface area contributed by atoms with E-state index in [2.05, 4.69) is 15.6 Å². The Morgan fingerprint density at radius 3 is 2.82 bits per heavy atom. The summed E-state index contributed by atoms with van der Waals surface area (Å²) in [5.74, 6) is -1.27. The molecule has 6 heteroatoms. The molecular weight excluding hydrogens is 226 g/mol. The highest BCUT2D eigenvalue weighted by molar-refractivity contribution is 5.39. The first-order valence-corrected chi connectivity index (χ1v) is 5.14. The van der Waals surface area contributed by atoms with E-state index in [0.717, 1.165) is 0 Å². The van der Waals surface area contributed by atoms with Crippen molar-refractivity contribution in [1.82, 2.24) is 20.3 Å². The lowest BCUT2D eigenvalue weighted by molar-refractivity contribution is 0.544. The second-order valence-electron chi connectivity index (χ2n) is 3.69. The summed E-state index contributed by atoms with van der Waals surface area (Å²) < 4.78 is 28.7. The second kappa shape index (κ2) is 4.58. The third kappa shape index (κ3) is 2.03. The normalized spacial score (nSPS) is 10.8. The summed E-state index contributed by atoms with van der Waals surface area (Å²) in [7, 11) is 1.74. The van der Waals surface area contributed by atoms with Crippen LogP contribution in [0, 0.1) is 18.6 Å². The van der Waals surface area contributed by atoms with Crippen molar-refractivity contribution in [2.75, 3.05) is 7.05 Å². The molecule has 1 aromatic carbocycles. The van der Waals surface area contributed by atoms with Gasteiger partial charge in [0.05, 0.1) is 11.9 Å². The molecule has 2 rings (SSSR count). The second-order valence-corrected chi connectivity index (χ2v) is 3.69. The highest BCUT2D eigenvalue weighted by Gasteiger charge is 2.17. The molecule has 90 valence electrons. The lowest BCUT2D eigenvalue weighted by Crippen LogP contribution is -2.13. The molecule has 0 aliphatic rings. The summed E-state index contributed by atoms with van der Waals surface area (Å²) >= 11 is 0. The maximum absolute atomic E-state index is 13.9. The fraction of sp³-hybridized carbons (Fsp3) is 0.273. The zero-order valence-corrected chi connectivity index (χ0v) is 9.54. The highest BCUT2D eigenvalue weighted by atomic mass is 19.1. The molecule has 1 heterocycles. The van der Waals surface area contributed by atoms with Crippen LogP contribution in [-0.2, 0) is 6.54 Å². The fourth-order valence-electron chi connectivity index (χ4n) is 1.58. The van der Waals surface area contributed by atoms with Crippen molar-refractivity contribution < 1.29 is 8.78 Å². The summed E-state index contributed by atoms with van der Waals surface area (Å²) in [4.78, 5) is 0. The number of halogens is 2. The molecule has 4 nitrogen and oxygen atoms in total. The molecule has 0 radical (unpaired) electrons. The third-order valence-electron chi connectivity index (χ3n) is 2.45. The van der Waals surface area contributed by atoms with Gasteiger partial charge in [-0.1, -0.05) is 11.3 Å². The zero-order valence-electron chi connectivity index (χ0n) is 9.54. The summed E-state index contributed by atoms with van der Waals surface area (Å²) in [6.45, 7) is 2.01. The molecule has 0 saturated carbocycles. The summed E-state index contributed by atoms with van der Waals surface area (Å²) in [5.41, 5.74) is 0.774. The van der Waals surface area contributed by atoms with Gasteiger partial charge in [0.2, 0.25) is 0 Å². The van der Waals surface area contributed by atoms with Gasteiger partial charge in [-0.3, -0.25) is 0 Å². The van der Waals surface area contributed by atoms with Gasteiger partial charge in [0.15, 0.2) is 11.6 Å². The Hall–Kier alpha value is -1.82. The van der Waals surface area contributed by atoms with E-state index in [1.54, 1.807) is 14.0 Å². The smallest absolute Gasteiger partial charge is 0.154 e. The van der Waals surface area contributed by atoms with Gasteiger partial charge in [-0.05, 0) is 25.6 Å². The summed E-state index contributed by atoms with van der Waals surface area (Å²) in [6.07, 6.45) is 1.47. The van der Waals surface area contributed by atoms with Gasteiger partial charge in [0.1, 0.15) is 5.69 Å². The van der Waals surface area contributed by atoms with Crippen molar-refractivity contribution in [3.63, 3.8) is 0 Å². The molecule has 2 aromatic rings. The fourth-order valence-corrected chi connectivity index (χ4v) is 1.58. The predicted octanol–water partition coefficient (Wildman–Crippen LogP) is 1.57. The average Bonchev–Trinajstić information content (AvgIpc) is 2.73. The van der Waals surface area contributed by atoms with Crippen LogP contribution in [0.25, 0.3) is 5.69 Å². The number of hydrogen-bond donors (Lipinski definition) is 1. The molecule has 1 N–H and O–H groups in total. The number of aryl methyl sites for hydroxylation is 1. The largest absolute Gasteiger partial charge is 0.314 e. The van der Waals surface area contributed by atoms with Crippen molar-refractivity contribution in [1.29, 1.82) is 0 Å². The van der Waals surface area contributed by atoms with Crippen LogP contribution < -0.4 is 5.32 Å². The maximum Gasteiger partial charge on any atom is 0.154 e. The third-order valence-corrected chi connectivity index (χ3v) is 2.45. The predicted molar refractivity (Wildman–Crippen MR) is 58.8 cm³/mol. The Labute approximate surface area is 97.3 Å². The lowest BCUT2D eigenvalue weighted by Gasteiger charge is -2.09. The molecule has 0 bridgehead atoms. The van der Waals surface area contributed by atoms with Gasteiger partial charge in [0.25, 0.3) is 0 Å². The molecule has 0 spiro atoms. The van der Waals surface area contributed by atoms with E-state index < -0.39 is 11.6 Å². The van der Waals surface area contributed by atoms with E-state index in [1.807, 2.05) is 0 Å². The number of hydrogen-bond acceptors (Lipinski definition) is 3.